The first kappa shape index (κ1) is 23.9. The molecule has 2 bridgehead atoms. The zero-order valence-corrected chi connectivity index (χ0v) is 21.1. The van der Waals surface area contributed by atoms with Crippen LogP contribution in [-0.4, -0.2) is 62.3 Å². The summed E-state index contributed by atoms with van der Waals surface area (Å²) in [4.78, 5) is 35.1. The Morgan fingerprint density at radius 3 is 2.28 bits per heavy atom. The van der Waals surface area contributed by atoms with Crippen molar-refractivity contribution in [2.45, 2.75) is 107 Å². The van der Waals surface area contributed by atoms with Gasteiger partial charge in [-0.05, 0) is 57.1 Å². The van der Waals surface area contributed by atoms with Gasteiger partial charge in [0.25, 0.3) is 5.56 Å². The Balaban J connectivity index is 1.33. The number of carboxylic acids is 1. The molecule has 3 aliphatic heterocycles. The van der Waals surface area contributed by atoms with Gasteiger partial charge < -0.3 is 20.3 Å². The third kappa shape index (κ3) is 4.12. The van der Waals surface area contributed by atoms with Crippen LogP contribution in [0.15, 0.2) is 29.1 Å². The molecule has 1 saturated carbocycles. The van der Waals surface area contributed by atoms with E-state index in [9.17, 15) is 14.7 Å². The summed E-state index contributed by atoms with van der Waals surface area (Å²) in [6.45, 7) is 0.531. The average molecular weight is 494 g/mol. The van der Waals surface area contributed by atoms with E-state index in [0.29, 0.717) is 36.9 Å². The average Bonchev–Trinajstić information content (AvgIpc) is 3.36. The molecule has 36 heavy (non-hydrogen) atoms. The number of aromatic nitrogens is 2. The summed E-state index contributed by atoms with van der Waals surface area (Å²) < 4.78 is 2.00. The van der Waals surface area contributed by atoms with Crippen LogP contribution in [0.2, 0.25) is 0 Å². The molecule has 3 N–H and O–H groups in total. The van der Waals surface area contributed by atoms with E-state index in [-0.39, 0.29) is 18.1 Å². The Morgan fingerprint density at radius 1 is 0.944 bits per heavy atom. The number of rotatable bonds is 4. The van der Waals surface area contributed by atoms with Crippen molar-refractivity contribution in [3.63, 3.8) is 0 Å². The minimum atomic E-state index is -1.34. The molecule has 2 aromatic rings. The predicted molar refractivity (Wildman–Crippen MR) is 140 cm³/mol. The van der Waals surface area contributed by atoms with Crippen molar-refractivity contribution in [3.8, 4) is 0 Å². The Labute approximate surface area is 212 Å². The van der Waals surface area contributed by atoms with Crippen molar-refractivity contribution < 1.29 is 9.90 Å². The second-order valence-corrected chi connectivity index (χ2v) is 11.7. The molecule has 194 valence electrons. The number of fused-ring (bicyclic) bond motifs is 3. The third-order valence-electron chi connectivity index (χ3n) is 9.43. The van der Waals surface area contributed by atoms with E-state index >= 15 is 0 Å². The van der Waals surface area contributed by atoms with Gasteiger partial charge in [0.2, 0.25) is 0 Å². The summed E-state index contributed by atoms with van der Waals surface area (Å²) in [6, 6.07) is 9.79. The number of carboxylic acid groups (broad SMARTS) is 1. The lowest BCUT2D eigenvalue weighted by atomic mass is 9.89. The van der Waals surface area contributed by atoms with Gasteiger partial charge >= 0.3 is 5.97 Å². The van der Waals surface area contributed by atoms with Gasteiger partial charge in [0, 0.05) is 37.3 Å². The zero-order chi connectivity index (χ0) is 24.9. The molecule has 0 amide bonds. The van der Waals surface area contributed by atoms with Gasteiger partial charge in [-0.15, -0.1) is 0 Å². The standard InChI is InChI=1S/C28H39N5O3/c29-28(27(35)36)14-15-31(18-28)25-26(34)33(24-11-7-6-10-23(24)30-25)22-16-20-12-13-21(17-22)32(20)19-8-4-2-1-3-5-9-19/h6-7,10-11,19-22H,1-5,8-9,12-18,29H2,(H,35,36). The molecular formula is C28H39N5O3. The number of hydrogen-bond acceptors (Lipinski definition) is 6. The lowest BCUT2D eigenvalue weighted by Crippen LogP contribution is -2.51. The molecule has 4 aliphatic rings. The number of nitrogens with zero attached hydrogens (tertiary/aromatic N) is 4. The maximum absolute atomic E-state index is 14.0. The first-order valence-corrected chi connectivity index (χ1v) is 14.0. The van der Waals surface area contributed by atoms with Crippen LogP contribution in [-0.2, 0) is 4.79 Å². The second kappa shape index (κ2) is 9.45. The number of piperidine rings is 1. The molecular weight excluding hydrogens is 454 g/mol. The van der Waals surface area contributed by atoms with Crippen molar-refractivity contribution in [1.29, 1.82) is 0 Å². The zero-order valence-electron chi connectivity index (χ0n) is 21.1. The molecule has 1 aromatic carbocycles. The molecule has 1 aromatic heterocycles. The van der Waals surface area contributed by atoms with Crippen LogP contribution in [0.1, 0.15) is 83.1 Å². The highest BCUT2D eigenvalue weighted by atomic mass is 16.4. The summed E-state index contributed by atoms with van der Waals surface area (Å²) in [5.41, 5.74) is 6.36. The van der Waals surface area contributed by atoms with Gasteiger partial charge in [0.05, 0.1) is 11.0 Å². The van der Waals surface area contributed by atoms with E-state index in [1.807, 2.05) is 28.8 Å². The molecule has 3 saturated heterocycles. The minimum Gasteiger partial charge on any atom is -0.480 e. The topological polar surface area (TPSA) is 105 Å². The molecule has 1 aliphatic carbocycles. The van der Waals surface area contributed by atoms with Crippen LogP contribution in [0, 0.1) is 0 Å². The molecule has 0 radical (unpaired) electrons. The molecule has 0 spiro atoms. The maximum atomic E-state index is 14.0. The molecule has 8 heteroatoms. The monoisotopic (exact) mass is 493 g/mol. The molecule has 6 rings (SSSR count). The third-order valence-corrected chi connectivity index (χ3v) is 9.43. The summed E-state index contributed by atoms with van der Waals surface area (Å²) in [5, 5.41) is 9.61. The van der Waals surface area contributed by atoms with Gasteiger partial charge in [-0.2, -0.15) is 0 Å². The van der Waals surface area contributed by atoms with Crippen LogP contribution in [0.4, 0.5) is 5.82 Å². The highest BCUT2D eigenvalue weighted by molar-refractivity contribution is 5.81. The fourth-order valence-corrected chi connectivity index (χ4v) is 7.62. The first-order chi connectivity index (χ1) is 17.4. The SMILES string of the molecule is NC1(C(=O)O)CCN(c2nc3ccccc3n(C3CC4CCC(C3)N4C3CCCCCCC3)c2=O)C1. The highest BCUT2D eigenvalue weighted by Crippen LogP contribution is 2.44. The van der Waals surface area contributed by atoms with Gasteiger partial charge in [-0.3, -0.25) is 14.5 Å². The fourth-order valence-electron chi connectivity index (χ4n) is 7.62. The van der Waals surface area contributed by atoms with Crippen LogP contribution >= 0.6 is 0 Å². The molecule has 4 fully saturated rings. The Hall–Kier alpha value is -2.45. The van der Waals surface area contributed by atoms with Crippen LogP contribution in [0.5, 0.6) is 0 Å². The van der Waals surface area contributed by atoms with Crippen molar-refractivity contribution in [2.24, 2.45) is 5.73 Å². The predicted octanol–water partition coefficient (Wildman–Crippen LogP) is 3.67. The minimum absolute atomic E-state index is 0.104. The summed E-state index contributed by atoms with van der Waals surface area (Å²) in [5.74, 6) is -0.679. The quantitative estimate of drug-likeness (QED) is 0.670. The molecule has 3 unspecified atom stereocenters. The largest absolute Gasteiger partial charge is 0.480 e. The normalized spacial score (nSPS) is 32.0. The smallest absolute Gasteiger partial charge is 0.325 e. The summed E-state index contributed by atoms with van der Waals surface area (Å²) >= 11 is 0. The highest BCUT2D eigenvalue weighted by Gasteiger charge is 2.46. The van der Waals surface area contributed by atoms with Crippen molar-refractivity contribution in [1.82, 2.24) is 14.5 Å². The van der Waals surface area contributed by atoms with E-state index in [1.54, 1.807) is 4.90 Å². The lowest BCUT2D eigenvalue weighted by molar-refractivity contribution is -0.142. The van der Waals surface area contributed by atoms with Gasteiger partial charge in [0.1, 0.15) is 5.54 Å². The van der Waals surface area contributed by atoms with Crippen molar-refractivity contribution >= 4 is 22.8 Å². The van der Waals surface area contributed by atoms with E-state index in [0.717, 1.165) is 23.9 Å². The molecule has 8 nitrogen and oxygen atoms in total. The summed E-state index contributed by atoms with van der Waals surface area (Å²) in [6.07, 6.45) is 14.2. The summed E-state index contributed by atoms with van der Waals surface area (Å²) in [7, 11) is 0. The Morgan fingerprint density at radius 2 is 1.61 bits per heavy atom. The number of nitrogens with two attached hydrogens (primary N) is 1. The second-order valence-electron chi connectivity index (χ2n) is 11.7. The molecule has 3 atom stereocenters. The number of aliphatic carboxylic acids is 1. The first-order valence-electron chi connectivity index (χ1n) is 14.0. The van der Waals surface area contributed by atoms with Crippen LogP contribution in [0.3, 0.4) is 0 Å². The number of anilines is 1. The molecule has 4 heterocycles. The van der Waals surface area contributed by atoms with Crippen LogP contribution in [0.25, 0.3) is 11.0 Å². The number of hydrogen-bond donors (Lipinski definition) is 2. The van der Waals surface area contributed by atoms with E-state index < -0.39 is 11.5 Å². The van der Waals surface area contributed by atoms with Crippen LogP contribution < -0.4 is 16.2 Å². The van der Waals surface area contributed by atoms with Crippen molar-refractivity contribution in [2.75, 3.05) is 18.0 Å². The Kier molecular flexibility index (Phi) is 6.28. The Bertz CT molecular complexity index is 1180. The van der Waals surface area contributed by atoms with Gasteiger partial charge in [-0.1, -0.05) is 44.2 Å². The fraction of sp³-hybridized carbons (Fsp3) is 0.679. The van der Waals surface area contributed by atoms with Gasteiger partial charge in [0.15, 0.2) is 5.82 Å². The van der Waals surface area contributed by atoms with E-state index in [4.69, 9.17) is 10.7 Å². The van der Waals surface area contributed by atoms with Crippen molar-refractivity contribution in [3.05, 3.63) is 34.6 Å². The van der Waals surface area contributed by atoms with E-state index in [2.05, 4.69) is 4.90 Å². The lowest BCUT2D eigenvalue weighted by Gasteiger charge is -2.45. The van der Waals surface area contributed by atoms with E-state index in [1.165, 1.54) is 57.8 Å². The number of para-hydroxylation sites is 2. The number of benzene rings is 1. The number of carbonyl (C=O) groups is 1. The van der Waals surface area contributed by atoms with Gasteiger partial charge in [-0.25, -0.2) is 4.98 Å². The maximum Gasteiger partial charge on any atom is 0.325 e.